The summed E-state index contributed by atoms with van der Waals surface area (Å²) in [6, 6.07) is 0.527. The molecule has 2 atom stereocenters. The molecule has 1 saturated carbocycles. The van der Waals surface area contributed by atoms with E-state index in [0.717, 1.165) is 18.8 Å². The summed E-state index contributed by atoms with van der Waals surface area (Å²) in [5.41, 5.74) is -0.489. The van der Waals surface area contributed by atoms with Crippen LogP contribution in [0.4, 0.5) is 0 Å². The van der Waals surface area contributed by atoms with Crippen LogP contribution in [0.25, 0.3) is 0 Å². The highest BCUT2D eigenvalue weighted by atomic mass is 32.2. The second kappa shape index (κ2) is 8.93. The molecule has 1 rings (SSSR count). The van der Waals surface area contributed by atoms with E-state index in [2.05, 4.69) is 19.2 Å². The normalized spacial score (nSPS) is 19.4. The minimum absolute atomic E-state index is 0.114. The van der Waals surface area contributed by atoms with Gasteiger partial charge >= 0.3 is 5.97 Å². The summed E-state index contributed by atoms with van der Waals surface area (Å²) in [6.45, 7) is 6.54. The van der Waals surface area contributed by atoms with Crippen molar-refractivity contribution in [2.24, 2.45) is 5.92 Å². The summed E-state index contributed by atoms with van der Waals surface area (Å²) in [5.74, 6) is 3.16. The van der Waals surface area contributed by atoms with Crippen LogP contribution in [0.3, 0.4) is 0 Å². The molecule has 0 bridgehead atoms. The molecule has 1 aliphatic rings. The molecule has 118 valence electrons. The molecule has 0 saturated heterocycles. The maximum absolute atomic E-state index is 12.0. The van der Waals surface area contributed by atoms with Gasteiger partial charge in [0.2, 0.25) is 0 Å². The van der Waals surface area contributed by atoms with E-state index in [4.69, 9.17) is 4.74 Å². The molecule has 0 amide bonds. The molecule has 4 heteroatoms. The molecular weight excluding hydrogens is 270 g/mol. The van der Waals surface area contributed by atoms with Gasteiger partial charge in [-0.2, -0.15) is 11.8 Å². The van der Waals surface area contributed by atoms with Gasteiger partial charge in [-0.15, -0.1) is 0 Å². The van der Waals surface area contributed by atoms with E-state index in [1.807, 2.05) is 18.7 Å². The van der Waals surface area contributed by atoms with Crippen LogP contribution in [-0.4, -0.2) is 36.2 Å². The molecule has 0 aromatic heterocycles. The van der Waals surface area contributed by atoms with Crippen LogP contribution in [0.1, 0.15) is 59.3 Å². The number of hydrogen-bond acceptors (Lipinski definition) is 4. The van der Waals surface area contributed by atoms with Crippen molar-refractivity contribution in [2.45, 2.75) is 70.9 Å². The zero-order valence-corrected chi connectivity index (χ0v) is 14.4. The lowest BCUT2D eigenvalue weighted by Gasteiger charge is -2.28. The minimum Gasteiger partial charge on any atom is -0.468 e. The molecule has 0 aromatic carbocycles. The zero-order chi connectivity index (χ0) is 15.0. The topological polar surface area (TPSA) is 38.3 Å². The smallest absolute Gasteiger partial charge is 0.325 e. The number of unbranched alkanes of at least 4 members (excludes halogenated alkanes) is 1. The number of methoxy groups -OCH3 is 1. The van der Waals surface area contributed by atoms with Gasteiger partial charge in [0, 0.05) is 6.04 Å². The van der Waals surface area contributed by atoms with Gasteiger partial charge < -0.3 is 4.74 Å². The van der Waals surface area contributed by atoms with Gasteiger partial charge in [-0.05, 0) is 50.0 Å². The van der Waals surface area contributed by atoms with Crippen molar-refractivity contribution in [3.05, 3.63) is 0 Å². The third kappa shape index (κ3) is 6.49. The van der Waals surface area contributed by atoms with E-state index in [1.54, 1.807) is 0 Å². The fraction of sp³-hybridized carbons (Fsp3) is 0.938. The number of rotatable bonds is 11. The number of carbonyl (C=O) groups excluding carboxylic acids is 1. The SMILES string of the molecule is CCC(C)CSCCCCC(C)(NC1CC1)C(=O)OC. The average molecular weight is 301 g/mol. The van der Waals surface area contributed by atoms with Gasteiger partial charge in [-0.25, -0.2) is 0 Å². The van der Waals surface area contributed by atoms with Gasteiger partial charge in [0.1, 0.15) is 5.54 Å². The van der Waals surface area contributed by atoms with E-state index in [-0.39, 0.29) is 5.97 Å². The van der Waals surface area contributed by atoms with Crippen LogP contribution < -0.4 is 5.32 Å². The Morgan fingerprint density at radius 3 is 2.70 bits per heavy atom. The molecular formula is C16H31NO2S. The van der Waals surface area contributed by atoms with Crippen molar-refractivity contribution in [3.63, 3.8) is 0 Å². The van der Waals surface area contributed by atoms with E-state index in [1.165, 1.54) is 44.3 Å². The summed E-state index contributed by atoms with van der Waals surface area (Å²) in [5, 5.41) is 3.45. The van der Waals surface area contributed by atoms with Crippen molar-refractivity contribution >= 4 is 17.7 Å². The Balaban J connectivity index is 2.19. The molecule has 1 fully saturated rings. The first-order valence-electron chi connectivity index (χ1n) is 7.95. The molecule has 2 unspecified atom stereocenters. The lowest BCUT2D eigenvalue weighted by molar-refractivity contribution is -0.148. The van der Waals surface area contributed by atoms with Gasteiger partial charge in [0.05, 0.1) is 7.11 Å². The molecule has 1 aliphatic carbocycles. The minimum atomic E-state index is -0.489. The maximum atomic E-state index is 12.0. The lowest BCUT2D eigenvalue weighted by Crippen LogP contribution is -2.51. The van der Waals surface area contributed by atoms with E-state index in [0.29, 0.717) is 6.04 Å². The molecule has 0 aliphatic heterocycles. The van der Waals surface area contributed by atoms with Crippen LogP contribution in [0.5, 0.6) is 0 Å². The number of thioether (sulfide) groups is 1. The Hall–Kier alpha value is -0.220. The van der Waals surface area contributed by atoms with Gasteiger partial charge in [-0.3, -0.25) is 10.1 Å². The van der Waals surface area contributed by atoms with Crippen molar-refractivity contribution in [1.29, 1.82) is 0 Å². The van der Waals surface area contributed by atoms with Crippen LogP contribution in [0, 0.1) is 5.92 Å². The summed E-state index contributed by atoms with van der Waals surface area (Å²) in [7, 11) is 1.48. The standard InChI is InChI=1S/C16H31NO2S/c1-5-13(2)12-20-11-7-6-10-16(3,15(18)19-4)17-14-8-9-14/h13-14,17H,5-12H2,1-4H3. The highest BCUT2D eigenvalue weighted by molar-refractivity contribution is 7.99. The second-order valence-corrected chi connectivity index (χ2v) is 7.44. The molecule has 1 N–H and O–H groups in total. The molecule has 0 radical (unpaired) electrons. The highest BCUT2D eigenvalue weighted by Crippen LogP contribution is 2.26. The Labute approximate surface area is 128 Å². The van der Waals surface area contributed by atoms with Crippen molar-refractivity contribution in [1.82, 2.24) is 5.32 Å². The van der Waals surface area contributed by atoms with Crippen LogP contribution in [-0.2, 0) is 9.53 Å². The third-order valence-electron chi connectivity index (χ3n) is 4.05. The Kier molecular flexibility index (Phi) is 7.96. The zero-order valence-electron chi connectivity index (χ0n) is 13.5. The van der Waals surface area contributed by atoms with E-state index in [9.17, 15) is 4.79 Å². The Morgan fingerprint density at radius 2 is 2.15 bits per heavy atom. The average Bonchev–Trinajstić information content (AvgIpc) is 3.24. The van der Waals surface area contributed by atoms with E-state index < -0.39 is 5.54 Å². The van der Waals surface area contributed by atoms with Crippen LogP contribution in [0.2, 0.25) is 0 Å². The third-order valence-corrected chi connectivity index (χ3v) is 5.43. The first-order valence-corrected chi connectivity index (χ1v) is 9.11. The van der Waals surface area contributed by atoms with Crippen molar-refractivity contribution < 1.29 is 9.53 Å². The predicted molar refractivity (Wildman–Crippen MR) is 87.2 cm³/mol. The molecule has 3 nitrogen and oxygen atoms in total. The van der Waals surface area contributed by atoms with Gasteiger partial charge in [0.25, 0.3) is 0 Å². The highest BCUT2D eigenvalue weighted by Gasteiger charge is 2.38. The van der Waals surface area contributed by atoms with E-state index >= 15 is 0 Å². The Morgan fingerprint density at radius 1 is 1.45 bits per heavy atom. The first-order chi connectivity index (χ1) is 9.51. The quantitative estimate of drug-likeness (QED) is 0.467. The molecule has 0 aromatic rings. The number of carbonyl (C=O) groups is 1. The van der Waals surface area contributed by atoms with Gasteiger partial charge in [-0.1, -0.05) is 26.7 Å². The summed E-state index contributed by atoms with van der Waals surface area (Å²) < 4.78 is 4.96. The number of nitrogens with one attached hydrogen (secondary N) is 1. The van der Waals surface area contributed by atoms with Crippen molar-refractivity contribution in [3.8, 4) is 0 Å². The molecule has 20 heavy (non-hydrogen) atoms. The van der Waals surface area contributed by atoms with Gasteiger partial charge in [0.15, 0.2) is 0 Å². The fourth-order valence-electron chi connectivity index (χ4n) is 2.22. The molecule has 0 heterocycles. The van der Waals surface area contributed by atoms with Crippen LogP contribution in [0.15, 0.2) is 0 Å². The number of hydrogen-bond donors (Lipinski definition) is 1. The molecule has 0 spiro atoms. The second-order valence-electron chi connectivity index (χ2n) is 6.29. The summed E-state index contributed by atoms with van der Waals surface area (Å²) in [4.78, 5) is 12.0. The number of esters is 1. The fourth-order valence-corrected chi connectivity index (χ4v) is 3.43. The summed E-state index contributed by atoms with van der Waals surface area (Å²) >= 11 is 2.04. The summed E-state index contributed by atoms with van der Waals surface area (Å²) in [6.07, 6.45) is 6.78. The largest absolute Gasteiger partial charge is 0.468 e. The van der Waals surface area contributed by atoms with Crippen molar-refractivity contribution in [2.75, 3.05) is 18.6 Å². The Bertz CT molecular complexity index is 294. The maximum Gasteiger partial charge on any atom is 0.325 e. The lowest BCUT2D eigenvalue weighted by atomic mass is 9.95. The first kappa shape index (κ1) is 17.8. The van der Waals surface area contributed by atoms with Crippen LogP contribution >= 0.6 is 11.8 Å². The monoisotopic (exact) mass is 301 g/mol. The number of ether oxygens (including phenoxy) is 1. The predicted octanol–water partition coefficient (Wildman–Crippen LogP) is 3.62.